The summed E-state index contributed by atoms with van der Waals surface area (Å²) in [4.78, 5) is 28.4. The van der Waals surface area contributed by atoms with Crippen molar-refractivity contribution in [1.29, 1.82) is 0 Å². The normalized spacial score (nSPS) is 19.3. The highest BCUT2D eigenvalue weighted by Crippen LogP contribution is 2.31. The Hall–Kier alpha value is -1.38. The van der Waals surface area contributed by atoms with Crippen molar-refractivity contribution in [3.05, 3.63) is 10.0 Å². The summed E-state index contributed by atoms with van der Waals surface area (Å²) in [5.41, 5.74) is 0. The summed E-state index contributed by atoms with van der Waals surface area (Å²) in [5.74, 6) is -1.33. The minimum absolute atomic E-state index is 0.0289. The van der Waals surface area contributed by atoms with Gasteiger partial charge in [0.2, 0.25) is 5.91 Å². The van der Waals surface area contributed by atoms with E-state index in [4.69, 9.17) is 21.4 Å². The van der Waals surface area contributed by atoms with Crippen LogP contribution in [-0.4, -0.2) is 54.8 Å². The molecule has 0 saturated carbocycles. The number of likely N-dealkylation sites (N-methyl/N-ethyl adjacent to an activating group) is 1. The van der Waals surface area contributed by atoms with Gasteiger partial charge in [-0.3, -0.25) is 4.79 Å². The van der Waals surface area contributed by atoms with Gasteiger partial charge in [0.25, 0.3) is 0 Å². The number of carboxylic acids is 1. The summed E-state index contributed by atoms with van der Waals surface area (Å²) < 4.78 is 5.27. The maximum atomic E-state index is 11.8. The van der Waals surface area contributed by atoms with E-state index in [0.29, 0.717) is 18.3 Å². The number of aromatic carboxylic acids is 1. The first-order valence-corrected chi connectivity index (χ1v) is 6.69. The van der Waals surface area contributed by atoms with E-state index in [1.54, 1.807) is 4.90 Å². The lowest BCUT2D eigenvalue weighted by Crippen LogP contribution is -2.53. The minimum atomic E-state index is -1.13. The van der Waals surface area contributed by atoms with Crippen molar-refractivity contribution in [3.8, 4) is 0 Å². The Morgan fingerprint density at radius 1 is 1.63 bits per heavy atom. The molecule has 2 N–H and O–H groups in total. The molecule has 1 amide bonds. The fourth-order valence-electron chi connectivity index (χ4n) is 1.76. The second-order valence-electron chi connectivity index (χ2n) is 3.82. The number of carbonyl (C=O) groups excluding carboxylic acids is 1. The zero-order valence-corrected chi connectivity index (χ0v) is 11.6. The number of ether oxygens (including phenoxy) is 1. The fourth-order valence-corrected chi connectivity index (χ4v) is 2.96. The van der Waals surface area contributed by atoms with Gasteiger partial charge in [-0.05, 0) is 0 Å². The van der Waals surface area contributed by atoms with Crippen molar-refractivity contribution in [2.75, 3.05) is 31.7 Å². The van der Waals surface area contributed by atoms with Gasteiger partial charge < -0.3 is 20.1 Å². The molecule has 0 aromatic carbocycles. The molecule has 0 bridgehead atoms. The average Bonchev–Trinajstić information content (AvgIpc) is 2.80. The van der Waals surface area contributed by atoms with Crippen molar-refractivity contribution >= 4 is 39.9 Å². The van der Waals surface area contributed by atoms with E-state index in [2.05, 4.69) is 10.3 Å². The Morgan fingerprint density at radius 2 is 2.37 bits per heavy atom. The second-order valence-corrected chi connectivity index (χ2v) is 5.16. The van der Waals surface area contributed by atoms with Gasteiger partial charge in [-0.15, -0.1) is 0 Å². The standard InChI is InChI=1S/C10H12ClN3O4S/c1-12-8(15)5-4-18-3-2-14(5)10-13-7(11)6(19-10)9(16)17/h5H,2-4H2,1H3,(H,12,15)(H,16,17). The lowest BCUT2D eigenvalue weighted by Gasteiger charge is -2.33. The van der Waals surface area contributed by atoms with E-state index >= 15 is 0 Å². The number of hydrogen-bond donors (Lipinski definition) is 2. The van der Waals surface area contributed by atoms with Crippen LogP contribution >= 0.6 is 22.9 Å². The number of nitrogens with one attached hydrogen (secondary N) is 1. The summed E-state index contributed by atoms with van der Waals surface area (Å²) in [7, 11) is 1.53. The monoisotopic (exact) mass is 305 g/mol. The Kier molecular flexibility index (Phi) is 4.23. The third kappa shape index (κ3) is 2.80. The third-order valence-corrected chi connectivity index (χ3v) is 4.16. The van der Waals surface area contributed by atoms with Crippen molar-refractivity contribution in [3.63, 3.8) is 0 Å². The van der Waals surface area contributed by atoms with Gasteiger partial charge in [0, 0.05) is 13.6 Å². The van der Waals surface area contributed by atoms with Crippen LogP contribution in [0.5, 0.6) is 0 Å². The molecule has 2 rings (SSSR count). The number of anilines is 1. The van der Waals surface area contributed by atoms with Gasteiger partial charge in [0.1, 0.15) is 6.04 Å². The SMILES string of the molecule is CNC(=O)C1COCCN1c1nc(Cl)c(C(=O)O)s1. The zero-order valence-electron chi connectivity index (χ0n) is 10.1. The third-order valence-electron chi connectivity index (χ3n) is 2.69. The highest BCUT2D eigenvalue weighted by atomic mass is 35.5. The van der Waals surface area contributed by atoms with E-state index in [1.807, 2.05) is 0 Å². The number of carboxylic acid groups (broad SMARTS) is 1. The average molecular weight is 306 g/mol. The van der Waals surface area contributed by atoms with Crippen molar-refractivity contribution < 1.29 is 19.4 Å². The van der Waals surface area contributed by atoms with Crippen molar-refractivity contribution in [1.82, 2.24) is 10.3 Å². The number of aromatic nitrogens is 1. The first kappa shape index (κ1) is 14.0. The van der Waals surface area contributed by atoms with Gasteiger partial charge in [-0.25, -0.2) is 9.78 Å². The number of carbonyl (C=O) groups is 2. The molecule has 2 heterocycles. The van der Waals surface area contributed by atoms with Gasteiger partial charge in [-0.1, -0.05) is 22.9 Å². The van der Waals surface area contributed by atoms with Crippen molar-refractivity contribution in [2.24, 2.45) is 0 Å². The van der Waals surface area contributed by atoms with Crippen LogP contribution < -0.4 is 10.2 Å². The van der Waals surface area contributed by atoms with Crippen molar-refractivity contribution in [2.45, 2.75) is 6.04 Å². The molecule has 1 fully saturated rings. The molecule has 1 aromatic rings. The molecule has 0 radical (unpaired) electrons. The zero-order chi connectivity index (χ0) is 14.0. The number of nitrogens with zero attached hydrogens (tertiary/aromatic N) is 2. The maximum Gasteiger partial charge on any atom is 0.349 e. The van der Waals surface area contributed by atoms with E-state index in [9.17, 15) is 9.59 Å². The lowest BCUT2D eigenvalue weighted by atomic mass is 10.2. The molecule has 1 saturated heterocycles. The molecule has 0 spiro atoms. The molecule has 104 valence electrons. The topological polar surface area (TPSA) is 91.8 Å². The van der Waals surface area contributed by atoms with Crippen LogP contribution in [0.3, 0.4) is 0 Å². The van der Waals surface area contributed by atoms with E-state index in [0.717, 1.165) is 11.3 Å². The van der Waals surface area contributed by atoms with Crippen LogP contribution in [0, 0.1) is 0 Å². The van der Waals surface area contributed by atoms with E-state index in [1.165, 1.54) is 7.05 Å². The molecule has 1 atom stereocenters. The first-order valence-electron chi connectivity index (χ1n) is 5.50. The molecule has 1 unspecified atom stereocenters. The molecular formula is C10H12ClN3O4S. The molecule has 1 aromatic heterocycles. The Morgan fingerprint density at radius 3 is 2.95 bits per heavy atom. The lowest BCUT2D eigenvalue weighted by molar-refractivity contribution is -0.124. The van der Waals surface area contributed by atoms with Crippen LogP contribution in [0.2, 0.25) is 5.15 Å². The largest absolute Gasteiger partial charge is 0.477 e. The Labute approximate surface area is 118 Å². The van der Waals surface area contributed by atoms with Crippen LogP contribution in [-0.2, 0) is 9.53 Å². The van der Waals surface area contributed by atoms with Crippen LogP contribution in [0.15, 0.2) is 0 Å². The number of hydrogen-bond acceptors (Lipinski definition) is 6. The highest BCUT2D eigenvalue weighted by molar-refractivity contribution is 7.18. The number of rotatable bonds is 3. The number of thiazole rings is 1. The van der Waals surface area contributed by atoms with E-state index < -0.39 is 12.0 Å². The summed E-state index contributed by atoms with van der Waals surface area (Å²) >= 11 is 6.73. The van der Waals surface area contributed by atoms with Gasteiger partial charge >= 0.3 is 5.97 Å². The first-order chi connectivity index (χ1) is 9.04. The maximum absolute atomic E-state index is 11.8. The molecule has 0 aliphatic carbocycles. The number of halogens is 1. The Balaban J connectivity index is 2.29. The van der Waals surface area contributed by atoms with Crippen LogP contribution in [0.4, 0.5) is 5.13 Å². The molecule has 1 aliphatic rings. The second kappa shape index (κ2) is 5.72. The predicted molar refractivity (Wildman–Crippen MR) is 70.1 cm³/mol. The smallest absolute Gasteiger partial charge is 0.349 e. The molecular weight excluding hydrogens is 294 g/mol. The van der Waals surface area contributed by atoms with E-state index in [-0.39, 0.29) is 22.5 Å². The molecule has 1 aliphatic heterocycles. The number of morpholine rings is 1. The summed E-state index contributed by atoms with van der Waals surface area (Å²) in [6.45, 7) is 1.15. The van der Waals surface area contributed by atoms with Gasteiger partial charge in [0.05, 0.1) is 13.2 Å². The summed E-state index contributed by atoms with van der Waals surface area (Å²) in [6.07, 6.45) is 0. The molecule has 7 nitrogen and oxygen atoms in total. The van der Waals surface area contributed by atoms with Crippen LogP contribution in [0.25, 0.3) is 0 Å². The van der Waals surface area contributed by atoms with Gasteiger partial charge in [0.15, 0.2) is 15.2 Å². The highest BCUT2D eigenvalue weighted by Gasteiger charge is 2.32. The molecule has 9 heteroatoms. The number of amides is 1. The summed E-state index contributed by atoms with van der Waals surface area (Å²) in [5, 5.41) is 11.9. The van der Waals surface area contributed by atoms with Gasteiger partial charge in [-0.2, -0.15) is 0 Å². The van der Waals surface area contributed by atoms with Crippen LogP contribution in [0.1, 0.15) is 9.67 Å². The quantitative estimate of drug-likeness (QED) is 0.842. The minimum Gasteiger partial charge on any atom is -0.477 e. The Bertz CT molecular complexity index is 507. The molecule has 19 heavy (non-hydrogen) atoms. The summed E-state index contributed by atoms with van der Waals surface area (Å²) in [6, 6.07) is -0.525. The fraction of sp³-hybridized carbons (Fsp3) is 0.500. The predicted octanol–water partition coefficient (Wildman–Crippen LogP) is 0.446.